The van der Waals surface area contributed by atoms with E-state index in [1.165, 1.54) is 24.4 Å². The molecule has 1 aliphatic carbocycles. The number of rotatable bonds is 7. The van der Waals surface area contributed by atoms with Gasteiger partial charge in [0.1, 0.15) is 17.3 Å². The van der Waals surface area contributed by atoms with E-state index in [9.17, 15) is 30.8 Å². The number of ketones is 1. The number of hydrogen-bond donors (Lipinski definition) is 0. The molecule has 0 N–H and O–H groups in total. The summed E-state index contributed by atoms with van der Waals surface area (Å²) in [6.07, 6.45) is -1.11. The van der Waals surface area contributed by atoms with Crippen LogP contribution in [0.3, 0.4) is 0 Å². The largest absolute Gasteiger partial charge is 0.433 e. The second-order valence-corrected chi connectivity index (χ2v) is 10.9. The van der Waals surface area contributed by atoms with Gasteiger partial charge in [-0.3, -0.25) is 14.8 Å². The van der Waals surface area contributed by atoms with Crippen molar-refractivity contribution in [2.75, 3.05) is 0 Å². The molecule has 0 amide bonds. The Morgan fingerprint density at radius 1 is 1.03 bits per heavy atom. The van der Waals surface area contributed by atoms with Gasteiger partial charge in [-0.15, -0.1) is 0 Å². The quantitative estimate of drug-likeness (QED) is 0.291. The van der Waals surface area contributed by atoms with Crippen LogP contribution in [0.1, 0.15) is 30.5 Å². The number of benzene rings is 1. The lowest BCUT2D eigenvalue weighted by atomic mass is 9.80. The Bertz CT molecular complexity index is 1340. The molecule has 2 atom stereocenters. The molecule has 1 fully saturated rings. The van der Waals surface area contributed by atoms with E-state index in [1.807, 2.05) is 0 Å². The van der Waals surface area contributed by atoms with Gasteiger partial charge in [0.15, 0.2) is 9.84 Å². The second kappa shape index (κ2) is 9.66. The van der Waals surface area contributed by atoms with Crippen molar-refractivity contribution in [1.29, 1.82) is 0 Å². The van der Waals surface area contributed by atoms with Crippen LogP contribution < -0.4 is 0 Å². The normalized spacial score (nSPS) is 18.2. The minimum absolute atomic E-state index is 0.0200. The van der Waals surface area contributed by atoms with E-state index in [-0.39, 0.29) is 28.5 Å². The molecule has 1 aromatic carbocycles. The lowest BCUT2D eigenvalue weighted by Crippen LogP contribution is -2.43. The van der Waals surface area contributed by atoms with E-state index in [0.717, 1.165) is 24.4 Å². The standard InChI is InChI=1S/C24H19ClF4N2O3S/c25-19-13-30-20(15-2-10-23(31-12-15)24(27,28)29)11-14(19)1-8-21(32)18-7-9-22(18)35(33,34)17-5-3-16(26)4-6-17/h2-6,10-13,18,22H,1,7-9H2/t18-,22-/m0/s1. The Morgan fingerprint density at radius 2 is 1.74 bits per heavy atom. The Labute approximate surface area is 204 Å². The van der Waals surface area contributed by atoms with Crippen molar-refractivity contribution < 1.29 is 30.8 Å². The van der Waals surface area contributed by atoms with Crippen LogP contribution in [-0.4, -0.2) is 29.4 Å². The SMILES string of the molecule is O=C(CCc1cc(-c2ccc(C(F)(F)F)nc2)ncc1Cl)[C@@H]1CC[C@@H]1S(=O)(=O)c1ccc(F)cc1. The monoisotopic (exact) mass is 526 g/mol. The molecule has 0 aliphatic heterocycles. The van der Waals surface area contributed by atoms with Crippen molar-refractivity contribution in [3.63, 3.8) is 0 Å². The number of sulfone groups is 1. The number of halogens is 5. The Morgan fingerprint density at radius 3 is 2.31 bits per heavy atom. The zero-order chi connectivity index (χ0) is 25.4. The molecule has 0 saturated heterocycles. The summed E-state index contributed by atoms with van der Waals surface area (Å²) in [4.78, 5) is 20.4. The van der Waals surface area contributed by atoms with E-state index < -0.39 is 38.7 Å². The summed E-state index contributed by atoms with van der Waals surface area (Å²) in [6.45, 7) is 0. The van der Waals surface area contributed by atoms with Gasteiger partial charge < -0.3 is 0 Å². The molecule has 2 aromatic heterocycles. The number of alkyl halides is 3. The van der Waals surface area contributed by atoms with Crippen LogP contribution in [0, 0.1) is 11.7 Å². The van der Waals surface area contributed by atoms with Gasteiger partial charge in [-0.2, -0.15) is 13.2 Å². The van der Waals surface area contributed by atoms with Gasteiger partial charge in [0.2, 0.25) is 0 Å². The summed E-state index contributed by atoms with van der Waals surface area (Å²) in [5.41, 5.74) is 0.235. The number of carbonyl (C=O) groups excluding carboxylic acids is 1. The average molecular weight is 527 g/mol. The first-order valence-electron chi connectivity index (χ1n) is 10.7. The number of aryl methyl sites for hydroxylation is 1. The lowest BCUT2D eigenvalue weighted by Gasteiger charge is -2.35. The van der Waals surface area contributed by atoms with Gasteiger partial charge in [0.25, 0.3) is 0 Å². The molecule has 0 spiro atoms. The molecule has 1 saturated carbocycles. The highest BCUT2D eigenvalue weighted by Crippen LogP contribution is 2.38. The second-order valence-electron chi connectivity index (χ2n) is 8.28. The molecule has 3 aromatic rings. The summed E-state index contributed by atoms with van der Waals surface area (Å²) < 4.78 is 77.2. The molecule has 184 valence electrons. The first-order valence-corrected chi connectivity index (χ1v) is 12.6. The third-order valence-electron chi connectivity index (χ3n) is 6.09. The molecular weight excluding hydrogens is 508 g/mol. The fourth-order valence-electron chi connectivity index (χ4n) is 3.99. The summed E-state index contributed by atoms with van der Waals surface area (Å²) in [7, 11) is -3.77. The van der Waals surface area contributed by atoms with E-state index in [0.29, 0.717) is 29.7 Å². The molecule has 0 bridgehead atoms. The Balaban J connectivity index is 1.45. The summed E-state index contributed by atoms with van der Waals surface area (Å²) >= 11 is 6.21. The van der Waals surface area contributed by atoms with Gasteiger partial charge in [-0.25, -0.2) is 12.8 Å². The smallest absolute Gasteiger partial charge is 0.299 e. The first kappa shape index (κ1) is 25.2. The highest BCUT2D eigenvalue weighted by molar-refractivity contribution is 7.92. The lowest BCUT2D eigenvalue weighted by molar-refractivity contribution is -0.141. The number of aromatic nitrogens is 2. The molecule has 35 heavy (non-hydrogen) atoms. The van der Waals surface area contributed by atoms with Crippen molar-refractivity contribution >= 4 is 27.2 Å². The van der Waals surface area contributed by atoms with E-state index in [1.54, 1.807) is 6.07 Å². The summed E-state index contributed by atoms with van der Waals surface area (Å²) in [5, 5.41) is -0.576. The number of hydrogen-bond acceptors (Lipinski definition) is 5. The van der Waals surface area contributed by atoms with Crippen LogP contribution in [0.2, 0.25) is 5.02 Å². The van der Waals surface area contributed by atoms with Crippen LogP contribution in [0.4, 0.5) is 17.6 Å². The van der Waals surface area contributed by atoms with Crippen molar-refractivity contribution in [3.05, 3.63) is 77.0 Å². The maximum Gasteiger partial charge on any atom is 0.433 e. The minimum atomic E-state index is -4.55. The molecule has 1 aliphatic rings. The van der Waals surface area contributed by atoms with Gasteiger partial charge in [-0.05, 0) is 67.3 Å². The van der Waals surface area contributed by atoms with Crippen LogP contribution in [0.15, 0.2) is 59.8 Å². The third kappa shape index (κ3) is 5.38. The van der Waals surface area contributed by atoms with Crippen LogP contribution in [0.5, 0.6) is 0 Å². The molecule has 4 rings (SSSR count). The number of carbonyl (C=O) groups is 1. The molecule has 0 radical (unpaired) electrons. The molecule has 0 unspecified atom stereocenters. The van der Waals surface area contributed by atoms with Crippen LogP contribution in [-0.2, 0) is 27.2 Å². The fraction of sp³-hybridized carbons (Fsp3) is 0.292. The molecule has 2 heterocycles. The predicted molar refractivity (Wildman–Crippen MR) is 121 cm³/mol. The predicted octanol–water partition coefficient (Wildman–Crippen LogP) is 5.71. The van der Waals surface area contributed by atoms with E-state index in [4.69, 9.17) is 11.6 Å². The van der Waals surface area contributed by atoms with Crippen LogP contribution in [0.25, 0.3) is 11.3 Å². The first-order chi connectivity index (χ1) is 16.5. The van der Waals surface area contributed by atoms with E-state index >= 15 is 0 Å². The maximum absolute atomic E-state index is 13.2. The minimum Gasteiger partial charge on any atom is -0.299 e. The molecule has 11 heteroatoms. The third-order valence-corrected chi connectivity index (χ3v) is 8.72. The zero-order valence-corrected chi connectivity index (χ0v) is 19.7. The van der Waals surface area contributed by atoms with Gasteiger partial charge >= 0.3 is 6.18 Å². The number of Topliss-reactive ketones (excluding diaryl/α,β-unsaturated/α-hetero) is 1. The van der Waals surface area contributed by atoms with Crippen molar-refractivity contribution in [3.8, 4) is 11.3 Å². The maximum atomic E-state index is 13.2. The molecule has 5 nitrogen and oxygen atoms in total. The average Bonchev–Trinajstić information content (AvgIpc) is 2.77. The highest BCUT2D eigenvalue weighted by atomic mass is 35.5. The summed E-state index contributed by atoms with van der Waals surface area (Å²) in [5.74, 6) is -1.44. The topological polar surface area (TPSA) is 77.0 Å². The zero-order valence-electron chi connectivity index (χ0n) is 18.1. The number of nitrogens with zero attached hydrogens (tertiary/aromatic N) is 2. The Kier molecular flexibility index (Phi) is 6.97. The molecular formula is C24H19ClF4N2O3S. The Hall–Kier alpha value is -2.85. The van der Waals surface area contributed by atoms with Crippen molar-refractivity contribution in [1.82, 2.24) is 9.97 Å². The van der Waals surface area contributed by atoms with Crippen molar-refractivity contribution in [2.24, 2.45) is 5.92 Å². The summed E-state index contributed by atoms with van der Waals surface area (Å²) in [6, 6.07) is 8.20. The van der Waals surface area contributed by atoms with Gasteiger partial charge in [-0.1, -0.05) is 11.6 Å². The van der Waals surface area contributed by atoms with Crippen LogP contribution >= 0.6 is 11.6 Å². The van der Waals surface area contributed by atoms with Gasteiger partial charge in [0.05, 0.1) is 20.9 Å². The van der Waals surface area contributed by atoms with E-state index in [2.05, 4.69) is 9.97 Å². The number of pyridine rings is 2. The van der Waals surface area contributed by atoms with Gasteiger partial charge in [0, 0.05) is 30.3 Å². The highest BCUT2D eigenvalue weighted by Gasteiger charge is 2.45. The fourth-order valence-corrected chi connectivity index (χ4v) is 6.22. The van der Waals surface area contributed by atoms with Crippen molar-refractivity contribution in [2.45, 2.75) is 42.0 Å².